The largest absolute Gasteiger partial charge is 0.318 e. The molecule has 0 spiro atoms. The predicted molar refractivity (Wildman–Crippen MR) is 71.2 cm³/mol. The normalized spacial score (nSPS) is 20.4. The summed E-state index contributed by atoms with van der Waals surface area (Å²) in [5.74, 6) is 0. The molecule has 1 saturated heterocycles. The van der Waals surface area contributed by atoms with Crippen LogP contribution < -0.4 is 5.32 Å². The van der Waals surface area contributed by atoms with Crippen LogP contribution in [0.1, 0.15) is 25.3 Å². The van der Waals surface area contributed by atoms with Gasteiger partial charge in [0.15, 0.2) is 0 Å². The van der Waals surface area contributed by atoms with Crippen LogP contribution in [-0.2, 0) is 5.41 Å². The number of nitrogens with one attached hydrogen (secondary N) is 1. The minimum absolute atomic E-state index is 0.324. The number of rotatable bonds is 4. The molecule has 3 heteroatoms. The van der Waals surface area contributed by atoms with E-state index in [4.69, 9.17) is 0 Å². The van der Waals surface area contributed by atoms with Crippen molar-refractivity contribution in [2.45, 2.75) is 25.2 Å². The topological polar surface area (TPSA) is 28.2 Å². The smallest absolute Gasteiger partial charge is 0.0305 e. The van der Waals surface area contributed by atoms with Crippen LogP contribution in [-0.4, -0.2) is 43.1 Å². The Morgan fingerprint density at radius 1 is 1.41 bits per heavy atom. The monoisotopic (exact) mass is 233 g/mol. The van der Waals surface area contributed by atoms with E-state index in [9.17, 15) is 0 Å². The summed E-state index contributed by atoms with van der Waals surface area (Å²) in [6, 6.07) is 4.27. The van der Waals surface area contributed by atoms with E-state index in [1.165, 1.54) is 38.0 Å². The summed E-state index contributed by atoms with van der Waals surface area (Å²) < 4.78 is 0. The first-order valence-corrected chi connectivity index (χ1v) is 6.52. The highest BCUT2D eigenvalue weighted by atomic mass is 15.1. The molecule has 0 amide bonds. The Labute approximate surface area is 104 Å². The van der Waals surface area contributed by atoms with Crippen LogP contribution in [0.4, 0.5) is 0 Å². The van der Waals surface area contributed by atoms with Crippen molar-refractivity contribution < 1.29 is 0 Å². The molecule has 1 fully saturated rings. The molecule has 2 rings (SSSR count). The third-order valence-corrected chi connectivity index (χ3v) is 4.00. The number of nitrogens with zero attached hydrogens (tertiary/aromatic N) is 2. The molecule has 1 aromatic heterocycles. The van der Waals surface area contributed by atoms with E-state index in [0.29, 0.717) is 5.41 Å². The fourth-order valence-electron chi connectivity index (χ4n) is 2.55. The van der Waals surface area contributed by atoms with Crippen molar-refractivity contribution in [3.05, 3.63) is 30.1 Å². The van der Waals surface area contributed by atoms with E-state index in [0.717, 1.165) is 6.54 Å². The Balaban J connectivity index is 1.93. The van der Waals surface area contributed by atoms with Crippen LogP contribution in [0.25, 0.3) is 0 Å². The lowest BCUT2D eigenvalue weighted by Gasteiger charge is -2.39. The molecule has 2 heterocycles. The van der Waals surface area contributed by atoms with Crippen LogP contribution in [0, 0.1) is 0 Å². The summed E-state index contributed by atoms with van der Waals surface area (Å²) in [5, 5.41) is 3.22. The van der Waals surface area contributed by atoms with Gasteiger partial charge in [-0.05, 0) is 50.0 Å². The van der Waals surface area contributed by atoms with E-state index in [1.54, 1.807) is 0 Å². The molecule has 0 saturated carbocycles. The van der Waals surface area contributed by atoms with Crippen LogP contribution in [0.3, 0.4) is 0 Å². The van der Waals surface area contributed by atoms with Crippen molar-refractivity contribution in [2.75, 3.05) is 33.2 Å². The Kier molecular flexibility index (Phi) is 4.13. The summed E-state index contributed by atoms with van der Waals surface area (Å²) in [6.07, 6.45) is 6.36. The number of likely N-dealkylation sites (N-methyl/N-ethyl adjacent to an activating group) is 1. The van der Waals surface area contributed by atoms with Gasteiger partial charge in [-0.25, -0.2) is 0 Å². The summed E-state index contributed by atoms with van der Waals surface area (Å²) in [6.45, 7) is 7.03. The maximum absolute atomic E-state index is 4.25. The van der Waals surface area contributed by atoms with Gasteiger partial charge in [0.1, 0.15) is 0 Å². The number of hydrogen-bond acceptors (Lipinski definition) is 3. The second kappa shape index (κ2) is 5.61. The third kappa shape index (κ3) is 3.05. The van der Waals surface area contributed by atoms with Gasteiger partial charge in [-0.3, -0.25) is 4.98 Å². The average molecular weight is 233 g/mol. The zero-order valence-electron chi connectivity index (χ0n) is 10.9. The molecule has 1 aliphatic heterocycles. The summed E-state index contributed by atoms with van der Waals surface area (Å²) in [7, 11) is 2.02. The maximum Gasteiger partial charge on any atom is 0.0305 e. The molecule has 0 atom stereocenters. The standard InChI is InChI=1S/C14H23N3/c1-14(13-4-3-7-16-12-13)5-9-17(10-6-14)11-8-15-2/h3-4,7,12,15H,5-6,8-11H2,1-2H3. The Hall–Kier alpha value is -0.930. The molecule has 1 aliphatic rings. The number of piperidine rings is 1. The fourth-order valence-corrected chi connectivity index (χ4v) is 2.55. The molecule has 0 aliphatic carbocycles. The lowest BCUT2D eigenvalue weighted by atomic mass is 9.75. The van der Waals surface area contributed by atoms with Crippen molar-refractivity contribution >= 4 is 0 Å². The molecule has 0 radical (unpaired) electrons. The quantitative estimate of drug-likeness (QED) is 0.857. The van der Waals surface area contributed by atoms with Gasteiger partial charge in [0, 0.05) is 25.5 Å². The summed E-state index contributed by atoms with van der Waals surface area (Å²) in [4.78, 5) is 6.80. The molecule has 17 heavy (non-hydrogen) atoms. The zero-order chi connectivity index (χ0) is 12.1. The first-order chi connectivity index (χ1) is 8.24. The first kappa shape index (κ1) is 12.5. The molecular weight excluding hydrogens is 210 g/mol. The van der Waals surface area contributed by atoms with Gasteiger partial charge in [-0.2, -0.15) is 0 Å². The second-order valence-electron chi connectivity index (χ2n) is 5.25. The van der Waals surface area contributed by atoms with Gasteiger partial charge >= 0.3 is 0 Å². The van der Waals surface area contributed by atoms with Gasteiger partial charge in [0.05, 0.1) is 0 Å². The zero-order valence-corrected chi connectivity index (χ0v) is 10.9. The highest BCUT2D eigenvalue weighted by Gasteiger charge is 2.31. The van der Waals surface area contributed by atoms with E-state index in [2.05, 4.69) is 28.2 Å². The molecule has 0 unspecified atom stereocenters. The number of hydrogen-bond donors (Lipinski definition) is 1. The SMILES string of the molecule is CNCCN1CCC(C)(c2cccnc2)CC1. The molecule has 0 bridgehead atoms. The lowest BCUT2D eigenvalue weighted by Crippen LogP contribution is -2.43. The Bertz CT molecular complexity index is 329. The highest BCUT2D eigenvalue weighted by Crippen LogP contribution is 2.34. The van der Waals surface area contributed by atoms with Crippen LogP contribution in [0.15, 0.2) is 24.5 Å². The van der Waals surface area contributed by atoms with Gasteiger partial charge in [-0.1, -0.05) is 13.0 Å². The van der Waals surface area contributed by atoms with Crippen molar-refractivity contribution in [1.82, 2.24) is 15.2 Å². The van der Waals surface area contributed by atoms with Gasteiger partial charge in [0.2, 0.25) is 0 Å². The highest BCUT2D eigenvalue weighted by molar-refractivity contribution is 5.21. The molecule has 1 aromatic rings. The number of pyridine rings is 1. The summed E-state index contributed by atoms with van der Waals surface area (Å²) in [5.41, 5.74) is 1.72. The fraction of sp³-hybridized carbons (Fsp3) is 0.643. The Morgan fingerprint density at radius 3 is 2.76 bits per heavy atom. The molecule has 1 N–H and O–H groups in total. The number of aromatic nitrogens is 1. The Morgan fingerprint density at radius 2 is 2.18 bits per heavy atom. The van der Waals surface area contributed by atoms with Gasteiger partial charge in [-0.15, -0.1) is 0 Å². The molecule has 3 nitrogen and oxygen atoms in total. The predicted octanol–water partition coefficient (Wildman–Crippen LogP) is 1.65. The maximum atomic E-state index is 4.25. The minimum atomic E-state index is 0.324. The van der Waals surface area contributed by atoms with Crippen molar-refractivity contribution in [1.29, 1.82) is 0 Å². The number of likely N-dealkylation sites (tertiary alicyclic amines) is 1. The molecule has 0 aromatic carbocycles. The van der Waals surface area contributed by atoms with Crippen molar-refractivity contribution in [3.8, 4) is 0 Å². The first-order valence-electron chi connectivity index (χ1n) is 6.52. The van der Waals surface area contributed by atoms with Gasteiger partial charge < -0.3 is 10.2 Å². The lowest BCUT2D eigenvalue weighted by molar-refractivity contribution is 0.170. The summed E-state index contributed by atoms with van der Waals surface area (Å²) >= 11 is 0. The van der Waals surface area contributed by atoms with Crippen molar-refractivity contribution in [3.63, 3.8) is 0 Å². The second-order valence-corrected chi connectivity index (χ2v) is 5.25. The molecular formula is C14H23N3. The van der Waals surface area contributed by atoms with Gasteiger partial charge in [0.25, 0.3) is 0 Å². The van der Waals surface area contributed by atoms with Crippen LogP contribution >= 0.6 is 0 Å². The van der Waals surface area contributed by atoms with E-state index in [-0.39, 0.29) is 0 Å². The average Bonchev–Trinajstić information content (AvgIpc) is 2.39. The van der Waals surface area contributed by atoms with Crippen LogP contribution in [0.5, 0.6) is 0 Å². The van der Waals surface area contributed by atoms with E-state index >= 15 is 0 Å². The third-order valence-electron chi connectivity index (χ3n) is 4.00. The van der Waals surface area contributed by atoms with Crippen LogP contribution in [0.2, 0.25) is 0 Å². The minimum Gasteiger partial charge on any atom is -0.318 e. The van der Waals surface area contributed by atoms with E-state index < -0.39 is 0 Å². The van der Waals surface area contributed by atoms with E-state index in [1.807, 2.05) is 25.5 Å². The molecule has 94 valence electrons. The van der Waals surface area contributed by atoms with Crippen molar-refractivity contribution in [2.24, 2.45) is 0 Å².